The summed E-state index contributed by atoms with van der Waals surface area (Å²) in [7, 11) is 0. The summed E-state index contributed by atoms with van der Waals surface area (Å²) >= 11 is 8.38. The lowest BCUT2D eigenvalue weighted by atomic mass is 10.1. The Bertz CT molecular complexity index is 1760. The lowest BCUT2D eigenvalue weighted by Gasteiger charge is -2.14. The molecule has 1 aliphatic rings. The number of hydrogen-bond acceptors (Lipinski definition) is 11. The van der Waals surface area contributed by atoms with Gasteiger partial charge in [0.25, 0.3) is 11.6 Å². The standard InChI is InChI=1S/C30H29ClN6O7S2/c1-3-43-29(40)26-22-5-4-6-23(22)46-28(26)33-27(39)17(2)45-30-35-34-24(36(30)19-9-11-20(12-10-19)37(41)42)15-32-25(38)16-44-21-13-7-18(31)8-14-21/h7-14,17H,3-6,15-16H2,1-2H3,(H,32,38)(H,33,39). The average Bonchev–Trinajstić information content (AvgIpc) is 3.74. The van der Waals surface area contributed by atoms with Crippen molar-refractivity contribution in [1.29, 1.82) is 0 Å². The zero-order chi connectivity index (χ0) is 32.8. The van der Waals surface area contributed by atoms with E-state index in [4.69, 9.17) is 21.1 Å². The fourth-order valence-corrected chi connectivity index (χ4v) is 7.01. The van der Waals surface area contributed by atoms with E-state index in [0.717, 1.165) is 41.5 Å². The summed E-state index contributed by atoms with van der Waals surface area (Å²) < 4.78 is 12.4. The number of nitro groups is 1. The Morgan fingerprint density at radius 3 is 2.57 bits per heavy atom. The molecular weight excluding hydrogens is 656 g/mol. The highest BCUT2D eigenvalue weighted by molar-refractivity contribution is 8.00. The van der Waals surface area contributed by atoms with Crippen molar-refractivity contribution >= 4 is 63.2 Å². The summed E-state index contributed by atoms with van der Waals surface area (Å²) in [4.78, 5) is 50.5. The zero-order valence-electron chi connectivity index (χ0n) is 24.8. The van der Waals surface area contributed by atoms with Crippen LogP contribution in [0.2, 0.25) is 5.02 Å². The van der Waals surface area contributed by atoms with E-state index in [2.05, 4.69) is 20.8 Å². The van der Waals surface area contributed by atoms with E-state index in [-0.39, 0.29) is 31.4 Å². The number of anilines is 1. The van der Waals surface area contributed by atoms with Gasteiger partial charge in [0.15, 0.2) is 17.6 Å². The number of ether oxygens (including phenoxy) is 2. The molecule has 1 atom stereocenters. The quantitative estimate of drug-likeness (QED) is 0.0808. The molecule has 2 heterocycles. The van der Waals surface area contributed by atoms with Gasteiger partial charge >= 0.3 is 5.97 Å². The molecule has 0 aliphatic heterocycles. The molecule has 240 valence electrons. The van der Waals surface area contributed by atoms with Gasteiger partial charge in [-0.05, 0) is 75.1 Å². The highest BCUT2D eigenvalue weighted by atomic mass is 35.5. The molecule has 16 heteroatoms. The van der Waals surface area contributed by atoms with Crippen molar-refractivity contribution < 1.29 is 28.8 Å². The fraction of sp³-hybridized carbons (Fsp3) is 0.300. The Kier molecular flexibility index (Phi) is 10.6. The maximum atomic E-state index is 13.4. The predicted molar refractivity (Wildman–Crippen MR) is 173 cm³/mol. The Hall–Kier alpha value is -4.47. The number of carbonyl (C=O) groups is 3. The number of hydrogen-bond donors (Lipinski definition) is 2. The number of carbonyl (C=O) groups excluding carboxylic acids is 3. The number of thioether (sulfide) groups is 1. The third-order valence-electron chi connectivity index (χ3n) is 6.94. The average molecular weight is 685 g/mol. The first kappa shape index (κ1) is 32.9. The second kappa shape index (κ2) is 14.7. The maximum Gasteiger partial charge on any atom is 0.341 e. The molecule has 1 aliphatic carbocycles. The first-order valence-corrected chi connectivity index (χ1v) is 16.3. The first-order valence-electron chi connectivity index (χ1n) is 14.3. The maximum absolute atomic E-state index is 13.4. The van der Waals surface area contributed by atoms with Crippen molar-refractivity contribution in [1.82, 2.24) is 20.1 Å². The summed E-state index contributed by atoms with van der Waals surface area (Å²) in [6.45, 7) is 3.34. The molecular formula is C30H29ClN6O7S2. The third-order valence-corrected chi connectivity index (χ3v) is 9.44. The molecule has 13 nitrogen and oxygen atoms in total. The van der Waals surface area contributed by atoms with Gasteiger partial charge < -0.3 is 20.1 Å². The molecule has 2 aromatic carbocycles. The van der Waals surface area contributed by atoms with Crippen LogP contribution in [0.3, 0.4) is 0 Å². The van der Waals surface area contributed by atoms with Gasteiger partial charge in [-0.2, -0.15) is 0 Å². The number of esters is 1. The molecule has 2 N–H and O–H groups in total. The van der Waals surface area contributed by atoms with Crippen LogP contribution >= 0.6 is 34.7 Å². The number of nitro benzene ring substituents is 1. The van der Waals surface area contributed by atoms with Crippen molar-refractivity contribution in [3.8, 4) is 11.4 Å². The van der Waals surface area contributed by atoms with E-state index >= 15 is 0 Å². The monoisotopic (exact) mass is 684 g/mol. The van der Waals surface area contributed by atoms with E-state index in [1.54, 1.807) is 42.7 Å². The van der Waals surface area contributed by atoms with Gasteiger partial charge in [0.1, 0.15) is 10.8 Å². The number of amides is 2. The van der Waals surface area contributed by atoms with E-state index in [9.17, 15) is 24.5 Å². The first-order chi connectivity index (χ1) is 22.1. The fourth-order valence-electron chi connectivity index (χ4n) is 4.72. The molecule has 1 unspecified atom stereocenters. The molecule has 0 fully saturated rings. The summed E-state index contributed by atoms with van der Waals surface area (Å²) in [5.74, 6) is -0.442. The number of non-ortho nitro benzene ring substituents is 1. The van der Waals surface area contributed by atoms with Crippen molar-refractivity contribution in [2.45, 2.75) is 50.1 Å². The molecule has 0 saturated carbocycles. The van der Waals surface area contributed by atoms with Crippen LogP contribution in [0.25, 0.3) is 5.69 Å². The van der Waals surface area contributed by atoms with Gasteiger partial charge in [0, 0.05) is 27.7 Å². The SMILES string of the molecule is CCOC(=O)c1c(NC(=O)C(C)Sc2nnc(CNC(=O)COc3ccc(Cl)cc3)n2-c2ccc([N+](=O)[O-])cc2)sc2c1CCC2. The molecule has 2 amide bonds. The minimum Gasteiger partial charge on any atom is -0.484 e. The van der Waals surface area contributed by atoms with Crippen LogP contribution in [-0.2, 0) is 33.7 Å². The van der Waals surface area contributed by atoms with Crippen molar-refractivity contribution in [2.24, 2.45) is 0 Å². The highest BCUT2D eigenvalue weighted by Gasteiger charge is 2.30. The van der Waals surface area contributed by atoms with Crippen LogP contribution in [0, 0.1) is 10.1 Å². The number of nitrogens with one attached hydrogen (secondary N) is 2. The number of thiophene rings is 1. The molecule has 46 heavy (non-hydrogen) atoms. The predicted octanol–water partition coefficient (Wildman–Crippen LogP) is 5.37. The van der Waals surface area contributed by atoms with Gasteiger partial charge in [-0.25, -0.2) is 4.79 Å². The Morgan fingerprint density at radius 2 is 1.87 bits per heavy atom. The van der Waals surface area contributed by atoms with E-state index < -0.39 is 22.0 Å². The lowest BCUT2D eigenvalue weighted by Crippen LogP contribution is -2.29. The van der Waals surface area contributed by atoms with Gasteiger partial charge in [0.05, 0.1) is 28.9 Å². The van der Waals surface area contributed by atoms with Gasteiger partial charge in [-0.15, -0.1) is 21.5 Å². The number of benzene rings is 2. The van der Waals surface area contributed by atoms with Crippen LogP contribution < -0.4 is 15.4 Å². The summed E-state index contributed by atoms with van der Waals surface area (Å²) in [5.41, 5.74) is 1.74. The number of aromatic nitrogens is 3. The van der Waals surface area contributed by atoms with Crippen LogP contribution in [0.5, 0.6) is 5.75 Å². The highest BCUT2D eigenvalue weighted by Crippen LogP contribution is 2.40. The normalized spacial score (nSPS) is 12.7. The Morgan fingerprint density at radius 1 is 1.13 bits per heavy atom. The van der Waals surface area contributed by atoms with Crippen molar-refractivity contribution in [3.63, 3.8) is 0 Å². The van der Waals surface area contributed by atoms with E-state index in [1.807, 2.05) is 0 Å². The number of nitrogens with zero attached hydrogens (tertiary/aromatic N) is 4. The molecule has 5 rings (SSSR count). The van der Waals surface area contributed by atoms with Crippen LogP contribution in [0.15, 0.2) is 53.7 Å². The van der Waals surface area contributed by atoms with E-state index in [0.29, 0.717) is 38.0 Å². The number of rotatable bonds is 13. The van der Waals surface area contributed by atoms with E-state index in [1.165, 1.54) is 35.6 Å². The van der Waals surface area contributed by atoms with Crippen LogP contribution in [0.1, 0.15) is 46.9 Å². The molecule has 0 radical (unpaired) electrons. The summed E-state index contributed by atoms with van der Waals surface area (Å²) in [6, 6.07) is 12.3. The van der Waals surface area contributed by atoms with Crippen molar-refractivity contribution in [2.75, 3.05) is 18.5 Å². The third kappa shape index (κ3) is 7.66. The van der Waals surface area contributed by atoms with Crippen molar-refractivity contribution in [3.05, 3.63) is 85.5 Å². The molecule has 2 aromatic heterocycles. The largest absolute Gasteiger partial charge is 0.484 e. The van der Waals surface area contributed by atoms with Crippen LogP contribution in [-0.4, -0.2) is 55.9 Å². The van der Waals surface area contributed by atoms with Gasteiger partial charge in [0.2, 0.25) is 5.91 Å². The number of fused-ring (bicyclic) bond motifs is 1. The molecule has 0 bridgehead atoms. The topological polar surface area (TPSA) is 168 Å². The Balaban J connectivity index is 1.32. The van der Waals surface area contributed by atoms with Gasteiger partial charge in [-0.3, -0.25) is 24.3 Å². The Labute approximate surface area is 276 Å². The molecule has 4 aromatic rings. The second-order valence-corrected chi connectivity index (χ2v) is 12.9. The summed E-state index contributed by atoms with van der Waals surface area (Å²) in [6.07, 6.45) is 2.55. The van der Waals surface area contributed by atoms with Gasteiger partial charge in [-0.1, -0.05) is 23.4 Å². The van der Waals surface area contributed by atoms with Crippen LogP contribution in [0.4, 0.5) is 10.7 Å². The summed E-state index contributed by atoms with van der Waals surface area (Å²) in [5, 5.41) is 26.0. The number of aryl methyl sites for hydroxylation is 1. The minimum atomic E-state index is -0.691. The smallest absolute Gasteiger partial charge is 0.341 e. The molecule has 0 spiro atoms. The second-order valence-electron chi connectivity index (χ2n) is 10.1. The lowest BCUT2D eigenvalue weighted by molar-refractivity contribution is -0.384. The number of halogens is 1. The molecule has 0 saturated heterocycles. The minimum absolute atomic E-state index is 0.0441. The zero-order valence-corrected chi connectivity index (χ0v) is 27.2.